The molecule has 0 unspecified atom stereocenters. The molecular formula is C23H22ClF8N7O. The predicted molar refractivity (Wildman–Crippen MR) is 126 cm³/mol. The highest BCUT2D eigenvalue weighted by molar-refractivity contribution is 6.34. The number of amides is 1. The zero-order valence-corrected chi connectivity index (χ0v) is 21.5. The number of likely N-dealkylation sites (tertiary alicyclic amines) is 1. The molecule has 17 heteroatoms. The minimum atomic E-state index is -6.33. The summed E-state index contributed by atoms with van der Waals surface area (Å²) >= 11 is 6.16. The minimum absolute atomic E-state index is 0.0403. The van der Waals surface area contributed by atoms with Gasteiger partial charge in [-0.3, -0.25) is 4.79 Å². The molecule has 218 valence electrons. The Morgan fingerprint density at radius 2 is 1.75 bits per heavy atom. The molecule has 1 N–H and O–H groups in total. The molecule has 0 spiro atoms. The second-order valence-corrected chi connectivity index (χ2v) is 9.55. The monoisotopic (exact) mass is 599 g/mol. The van der Waals surface area contributed by atoms with E-state index in [4.69, 9.17) is 11.6 Å². The van der Waals surface area contributed by atoms with E-state index in [1.54, 1.807) is 0 Å². The second-order valence-electron chi connectivity index (χ2n) is 9.14. The van der Waals surface area contributed by atoms with Crippen molar-refractivity contribution in [2.24, 2.45) is 7.05 Å². The van der Waals surface area contributed by atoms with Gasteiger partial charge in [-0.15, -0.1) is 5.10 Å². The van der Waals surface area contributed by atoms with Gasteiger partial charge in [-0.05, 0) is 51.0 Å². The molecule has 0 radical (unpaired) electrons. The van der Waals surface area contributed by atoms with E-state index in [0.717, 1.165) is 45.7 Å². The maximum atomic E-state index is 14.0. The predicted octanol–water partition coefficient (Wildman–Crippen LogP) is 5.21. The highest BCUT2D eigenvalue weighted by atomic mass is 35.5. The zero-order chi connectivity index (χ0) is 29.5. The molecule has 1 aromatic carbocycles. The summed E-state index contributed by atoms with van der Waals surface area (Å²) in [6, 6.07) is 4.05. The van der Waals surface area contributed by atoms with Crippen molar-refractivity contribution in [2.75, 3.05) is 26.2 Å². The minimum Gasteiger partial charge on any atom is -0.352 e. The SMILES string of the molecule is Cn1nc(C(F)(F)C(F)(F)F)c(C(F)(F)F)c1-n1cc(-c2ccc(Cl)c(C(=O)NCCCN3CCCC3)c2)nn1. The van der Waals surface area contributed by atoms with Gasteiger partial charge < -0.3 is 10.2 Å². The van der Waals surface area contributed by atoms with Crippen LogP contribution in [0.4, 0.5) is 35.1 Å². The number of benzene rings is 1. The van der Waals surface area contributed by atoms with Crippen LogP contribution in [0.15, 0.2) is 24.4 Å². The van der Waals surface area contributed by atoms with Crippen LogP contribution >= 0.6 is 11.6 Å². The maximum Gasteiger partial charge on any atom is 0.459 e. The summed E-state index contributed by atoms with van der Waals surface area (Å²) in [5.41, 5.74) is -4.73. The van der Waals surface area contributed by atoms with E-state index < -0.39 is 41.3 Å². The van der Waals surface area contributed by atoms with Gasteiger partial charge in [0.15, 0.2) is 11.5 Å². The molecule has 4 rings (SSSR count). The van der Waals surface area contributed by atoms with Crippen molar-refractivity contribution >= 4 is 17.5 Å². The number of hydrogen-bond acceptors (Lipinski definition) is 5. The number of nitrogens with zero attached hydrogens (tertiary/aromatic N) is 6. The smallest absolute Gasteiger partial charge is 0.352 e. The Balaban J connectivity index is 1.61. The number of aryl methyl sites for hydroxylation is 1. The third-order valence-corrected chi connectivity index (χ3v) is 6.64. The summed E-state index contributed by atoms with van der Waals surface area (Å²) in [6.07, 6.45) is -8.13. The fourth-order valence-electron chi connectivity index (χ4n) is 4.36. The van der Waals surface area contributed by atoms with Crippen LogP contribution in [0.2, 0.25) is 5.02 Å². The van der Waals surface area contributed by atoms with Gasteiger partial charge in [0.2, 0.25) is 0 Å². The first-order valence-corrected chi connectivity index (χ1v) is 12.3. The van der Waals surface area contributed by atoms with Crippen molar-refractivity contribution in [1.29, 1.82) is 0 Å². The maximum absolute atomic E-state index is 14.0. The van der Waals surface area contributed by atoms with Crippen LogP contribution in [-0.4, -0.2) is 67.9 Å². The number of aromatic nitrogens is 5. The van der Waals surface area contributed by atoms with Crippen LogP contribution < -0.4 is 5.32 Å². The Morgan fingerprint density at radius 1 is 1.07 bits per heavy atom. The van der Waals surface area contributed by atoms with Gasteiger partial charge in [-0.1, -0.05) is 22.9 Å². The van der Waals surface area contributed by atoms with Crippen molar-refractivity contribution in [3.05, 3.63) is 46.2 Å². The molecule has 1 amide bonds. The first-order chi connectivity index (χ1) is 18.6. The number of carbonyl (C=O) groups excluding carboxylic acids is 1. The Labute approximate surface area is 226 Å². The summed E-state index contributed by atoms with van der Waals surface area (Å²) in [5, 5.41) is 12.9. The molecule has 40 heavy (non-hydrogen) atoms. The van der Waals surface area contributed by atoms with Crippen molar-refractivity contribution < 1.29 is 39.9 Å². The summed E-state index contributed by atoms with van der Waals surface area (Å²) in [5.74, 6) is -7.62. The van der Waals surface area contributed by atoms with Gasteiger partial charge in [0.25, 0.3) is 5.91 Å². The summed E-state index contributed by atoms with van der Waals surface area (Å²) in [6.45, 7) is 3.22. The van der Waals surface area contributed by atoms with Crippen LogP contribution in [-0.2, 0) is 19.1 Å². The van der Waals surface area contributed by atoms with E-state index in [0.29, 0.717) is 17.6 Å². The normalized spacial score (nSPS) is 15.2. The summed E-state index contributed by atoms with van der Waals surface area (Å²) < 4.78 is 109. The van der Waals surface area contributed by atoms with Crippen LogP contribution in [0, 0.1) is 0 Å². The molecule has 1 aliphatic rings. The van der Waals surface area contributed by atoms with E-state index in [2.05, 4.69) is 25.6 Å². The average Bonchev–Trinajstić information content (AvgIpc) is 3.61. The molecule has 0 atom stereocenters. The van der Waals surface area contributed by atoms with Crippen molar-refractivity contribution in [1.82, 2.24) is 35.0 Å². The fraction of sp³-hybridized carbons (Fsp3) is 0.478. The number of halogens is 9. The van der Waals surface area contributed by atoms with Crippen molar-refractivity contribution in [3.8, 4) is 17.1 Å². The number of hydrogen-bond donors (Lipinski definition) is 1. The topological polar surface area (TPSA) is 80.9 Å². The first-order valence-electron chi connectivity index (χ1n) is 11.9. The lowest BCUT2D eigenvalue weighted by molar-refractivity contribution is -0.292. The van der Waals surface area contributed by atoms with Gasteiger partial charge >= 0.3 is 18.3 Å². The number of alkyl halides is 8. The molecule has 0 bridgehead atoms. The Kier molecular flexibility index (Phi) is 8.13. The molecular weight excluding hydrogens is 578 g/mol. The third kappa shape index (κ3) is 5.92. The lowest BCUT2D eigenvalue weighted by Gasteiger charge is -2.19. The Morgan fingerprint density at radius 3 is 2.38 bits per heavy atom. The lowest BCUT2D eigenvalue weighted by atomic mass is 10.1. The molecule has 8 nitrogen and oxygen atoms in total. The highest BCUT2D eigenvalue weighted by Crippen LogP contribution is 2.49. The molecule has 2 aromatic heterocycles. The molecule has 3 heterocycles. The number of rotatable bonds is 8. The zero-order valence-electron chi connectivity index (χ0n) is 20.8. The largest absolute Gasteiger partial charge is 0.459 e. The molecule has 3 aromatic rings. The Hall–Kier alpha value is -3.27. The van der Waals surface area contributed by atoms with Gasteiger partial charge in [-0.2, -0.15) is 40.2 Å². The first kappa shape index (κ1) is 29.7. The van der Waals surface area contributed by atoms with Crippen molar-refractivity contribution in [2.45, 2.75) is 37.5 Å². The lowest BCUT2D eigenvalue weighted by Crippen LogP contribution is -2.36. The quantitative estimate of drug-likeness (QED) is 0.284. The molecule has 0 saturated carbocycles. The number of nitrogens with one attached hydrogen (secondary N) is 1. The van der Waals surface area contributed by atoms with Crippen LogP contribution in [0.1, 0.15) is 40.9 Å². The summed E-state index contributed by atoms with van der Waals surface area (Å²) in [4.78, 5) is 15.0. The van der Waals surface area contributed by atoms with Gasteiger partial charge in [0.1, 0.15) is 11.3 Å². The third-order valence-electron chi connectivity index (χ3n) is 6.31. The van der Waals surface area contributed by atoms with Gasteiger partial charge in [0.05, 0.1) is 16.8 Å². The van der Waals surface area contributed by atoms with Crippen molar-refractivity contribution in [3.63, 3.8) is 0 Å². The van der Waals surface area contributed by atoms with E-state index in [1.165, 1.54) is 18.2 Å². The second kappa shape index (κ2) is 11.0. The highest BCUT2D eigenvalue weighted by Gasteiger charge is 2.64. The Bertz CT molecular complexity index is 1380. The van der Waals surface area contributed by atoms with E-state index >= 15 is 0 Å². The standard InChI is InChI=1S/C23H22ClF8N7O/c1-37-20(17(22(27,28)29)18(35-37)21(25,26)23(30,31)32)39-12-16(34-36-39)13-5-6-15(24)14(11-13)19(40)33-7-4-10-38-8-2-3-9-38/h5-6,11-12H,2-4,7-10H2,1H3,(H,33,40). The van der Waals surface area contributed by atoms with Crippen LogP contribution in [0.3, 0.4) is 0 Å². The fourth-order valence-corrected chi connectivity index (χ4v) is 4.56. The molecule has 1 fully saturated rings. The van der Waals surface area contributed by atoms with E-state index in [1.807, 2.05) is 0 Å². The molecule has 1 aliphatic heterocycles. The van der Waals surface area contributed by atoms with E-state index in [9.17, 15) is 39.9 Å². The van der Waals surface area contributed by atoms with Gasteiger partial charge in [-0.25, -0.2) is 9.36 Å². The molecule has 0 aliphatic carbocycles. The average molecular weight is 600 g/mol. The van der Waals surface area contributed by atoms with Gasteiger partial charge in [0, 0.05) is 19.2 Å². The van der Waals surface area contributed by atoms with Crippen LogP contribution in [0.25, 0.3) is 17.1 Å². The summed E-state index contributed by atoms with van der Waals surface area (Å²) in [7, 11) is 0.760. The molecule has 1 saturated heterocycles. The van der Waals surface area contributed by atoms with Crippen LogP contribution in [0.5, 0.6) is 0 Å². The number of carbonyl (C=O) groups is 1. The van der Waals surface area contributed by atoms with E-state index in [-0.39, 0.29) is 26.5 Å².